The normalized spacial score (nSPS) is 11.7. The Balaban J connectivity index is 1.47. The Morgan fingerprint density at radius 1 is 0.605 bits per heavy atom. The van der Waals surface area contributed by atoms with Crippen molar-refractivity contribution in [2.24, 2.45) is 15.7 Å². The number of nitriles is 1. The molecule has 0 aliphatic heterocycles. The van der Waals surface area contributed by atoms with Crippen molar-refractivity contribution in [2.75, 3.05) is 0 Å². The van der Waals surface area contributed by atoms with Crippen LogP contribution >= 0.6 is 0 Å². The van der Waals surface area contributed by atoms with Gasteiger partial charge in [0.15, 0.2) is 5.84 Å². The second-order valence-electron chi connectivity index (χ2n) is 8.76. The van der Waals surface area contributed by atoms with E-state index in [1.165, 1.54) is 0 Å². The summed E-state index contributed by atoms with van der Waals surface area (Å²) in [4.78, 5) is 9.63. The molecule has 0 heterocycles. The van der Waals surface area contributed by atoms with Crippen molar-refractivity contribution < 1.29 is 0 Å². The third-order valence-electron chi connectivity index (χ3n) is 6.30. The molecule has 0 radical (unpaired) electrons. The van der Waals surface area contributed by atoms with Crippen LogP contribution in [0.25, 0.3) is 22.3 Å². The van der Waals surface area contributed by atoms with Gasteiger partial charge in [-0.3, -0.25) is 4.99 Å². The number of nitrogens with zero attached hydrogens (tertiary/aromatic N) is 3. The predicted molar refractivity (Wildman–Crippen MR) is 156 cm³/mol. The van der Waals surface area contributed by atoms with Crippen molar-refractivity contribution in [3.63, 3.8) is 0 Å². The molecule has 0 atom stereocenters. The number of amidine groups is 2. The van der Waals surface area contributed by atoms with Crippen LogP contribution in [0.4, 0.5) is 0 Å². The Morgan fingerprint density at radius 2 is 1.13 bits per heavy atom. The number of hydrogen-bond acceptors (Lipinski definition) is 2. The molecule has 0 aliphatic carbocycles. The van der Waals surface area contributed by atoms with Crippen LogP contribution in [0.5, 0.6) is 0 Å². The van der Waals surface area contributed by atoms with Crippen LogP contribution in [0.3, 0.4) is 0 Å². The average Bonchev–Trinajstić information content (AvgIpc) is 3.00. The third-order valence-corrected chi connectivity index (χ3v) is 6.30. The second-order valence-corrected chi connectivity index (χ2v) is 8.76. The minimum atomic E-state index is 0.426. The number of hydrogen-bond donors (Lipinski definition) is 1. The van der Waals surface area contributed by atoms with Crippen molar-refractivity contribution in [3.05, 3.63) is 156 Å². The monoisotopic (exact) mass is 490 g/mol. The van der Waals surface area contributed by atoms with Gasteiger partial charge in [-0.2, -0.15) is 5.26 Å². The van der Waals surface area contributed by atoms with Gasteiger partial charge in [-0.1, -0.05) is 127 Å². The van der Waals surface area contributed by atoms with E-state index in [1.54, 1.807) is 0 Å². The van der Waals surface area contributed by atoms with E-state index in [2.05, 4.69) is 42.5 Å². The van der Waals surface area contributed by atoms with E-state index in [9.17, 15) is 5.26 Å². The second kappa shape index (κ2) is 11.6. The van der Waals surface area contributed by atoms with Gasteiger partial charge in [0.25, 0.3) is 0 Å². The quantitative estimate of drug-likeness (QED) is 0.201. The molecule has 5 aromatic carbocycles. The van der Waals surface area contributed by atoms with Crippen molar-refractivity contribution in [1.29, 1.82) is 5.26 Å². The van der Waals surface area contributed by atoms with Gasteiger partial charge in [0.2, 0.25) is 0 Å². The van der Waals surface area contributed by atoms with Crippen LogP contribution in [0, 0.1) is 11.3 Å². The highest BCUT2D eigenvalue weighted by Crippen LogP contribution is 2.29. The summed E-state index contributed by atoms with van der Waals surface area (Å²) in [6.07, 6.45) is 0. The number of benzene rings is 5. The highest BCUT2D eigenvalue weighted by Gasteiger charge is 2.09. The van der Waals surface area contributed by atoms with Crippen LogP contribution in [0.1, 0.15) is 22.3 Å². The van der Waals surface area contributed by atoms with Gasteiger partial charge in [0, 0.05) is 11.1 Å². The first-order valence-electron chi connectivity index (χ1n) is 12.4. The Morgan fingerprint density at radius 3 is 1.79 bits per heavy atom. The van der Waals surface area contributed by atoms with Gasteiger partial charge in [0.1, 0.15) is 5.84 Å². The summed E-state index contributed by atoms with van der Waals surface area (Å²) in [5.41, 5.74) is 14.0. The summed E-state index contributed by atoms with van der Waals surface area (Å²) in [5, 5.41) is 9.47. The van der Waals surface area contributed by atoms with Crippen molar-refractivity contribution in [2.45, 2.75) is 6.54 Å². The smallest absolute Gasteiger partial charge is 0.157 e. The summed E-state index contributed by atoms with van der Waals surface area (Å²) in [5.74, 6) is 1.01. The molecule has 0 aliphatic rings. The lowest BCUT2D eigenvalue weighted by molar-refractivity contribution is 1.06. The number of aliphatic imine (C=N–C) groups is 2. The fourth-order valence-corrected chi connectivity index (χ4v) is 4.33. The molecule has 0 fully saturated rings. The fraction of sp³-hybridized carbons (Fsp3) is 0.0294. The van der Waals surface area contributed by atoms with Crippen molar-refractivity contribution in [3.8, 4) is 28.3 Å². The molecule has 38 heavy (non-hydrogen) atoms. The molecule has 2 N–H and O–H groups in total. The van der Waals surface area contributed by atoms with Gasteiger partial charge in [0.05, 0.1) is 18.2 Å². The van der Waals surface area contributed by atoms with E-state index in [1.807, 2.05) is 97.1 Å². The summed E-state index contributed by atoms with van der Waals surface area (Å²) in [6.45, 7) is 0.449. The van der Waals surface area contributed by atoms with Crippen LogP contribution in [-0.4, -0.2) is 11.7 Å². The first-order valence-corrected chi connectivity index (χ1v) is 12.4. The summed E-state index contributed by atoms with van der Waals surface area (Å²) < 4.78 is 0. The zero-order valence-electron chi connectivity index (χ0n) is 20.8. The van der Waals surface area contributed by atoms with Crippen LogP contribution in [-0.2, 0) is 6.54 Å². The molecule has 0 bridgehead atoms. The Kier molecular flexibility index (Phi) is 7.48. The molecule has 0 unspecified atom stereocenters. The van der Waals surface area contributed by atoms with E-state index in [0.29, 0.717) is 23.8 Å². The average molecular weight is 491 g/mol. The minimum absolute atomic E-state index is 0.426. The Bertz CT molecular complexity index is 1630. The highest BCUT2D eigenvalue weighted by molar-refractivity contribution is 6.10. The first kappa shape index (κ1) is 24.4. The van der Waals surface area contributed by atoms with Crippen LogP contribution in [0.2, 0.25) is 0 Å². The number of nitrogens with two attached hydrogens (primary N) is 1. The van der Waals surface area contributed by atoms with Crippen LogP contribution < -0.4 is 5.73 Å². The zero-order chi connectivity index (χ0) is 26.2. The standard InChI is InChI=1S/C34H26N4/c35-23-29-15-7-9-17-31(29)25-19-21-26(22-20-25)32-18-10-8-16-30(32)24-37-34(28-13-5-2-6-14-28)38-33(36)27-11-3-1-4-12-27/h1-22H,24H2,(H2,36,37,38). The molecule has 0 spiro atoms. The Hall–Kier alpha value is -5.27. The summed E-state index contributed by atoms with van der Waals surface area (Å²) in [7, 11) is 0. The lowest BCUT2D eigenvalue weighted by Crippen LogP contribution is -2.16. The molecule has 0 aromatic heterocycles. The highest BCUT2D eigenvalue weighted by atomic mass is 15.0. The molecule has 182 valence electrons. The number of rotatable bonds is 6. The fourth-order valence-electron chi connectivity index (χ4n) is 4.33. The lowest BCUT2D eigenvalue weighted by atomic mass is 9.95. The summed E-state index contributed by atoms with van der Waals surface area (Å²) in [6, 6.07) is 46.1. The molecule has 5 rings (SSSR count). The molecular weight excluding hydrogens is 464 g/mol. The van der Waals surface area contributed by atoms with Crippen molar-refractivity contribution in [1.82, 2.24) is 0 Å². The van der Waals surface area contributed by atoms with Gasteiger partial charge in [-0.05, 0) is 33.9 Å². The Labute approximate surface area is 223 Å². The van der Waals surface area contributed by atoms with E-state index in [4.69, 9.17) is 15.7 Å². The third kappa shape index (κ3) is 5.59. The molecule has 0 amide bonds. The SMILES string of the molecule is N#Cc1ccccc1-c1ccc(-c2ccccc2CN=C(N=C(N)c2ccccc2)c2ccccc2)cc1. The molecule has 4 heteroatoms. The van der Waals surface area contributed by atoms with Gasteiger partial charge in [-0.15, -0.1) is 0 Å². The topological polar surface area (TPSA) is 74.5 Å². The van der Waals surface area contributed by atoms with Gasteiger partial charge < -0.3 is 5.73 Å². The molecule has 0 saturated heterocycles. The lowest BCUT2D eigenvalue weighted by Gasteiger charge is -2.11. The maximum absolute atomic E-state index is 9.47. The summed E-state index contributed by atoms with van der Waals surface area (Å²) >= 11 is 0. The molecular formula is C34H26N4. The first-order chi connectivity index (χ1) is 18.7. The maximum atomic E-state index is 9.47. The zero-order valence-corrected chi connectivity index (χ0v) is 20.8. The molecule has 0 saturated carbocycles. The van der Waals surface area contributed by atoms with Gasteiger partial charge >= 0.3 is 0 Å². The van der Waals surface area contributed by atoms with Crippen LogP contribution in [0.15, 0.2) is 143 Å². The van der Waals surface area contributed by atoms with Gasteiger partial charge in [-0.25, -0.2) is 4.99 Å². The molecule has 4 nitrogen and oxygen atoms in total. The van der Waals surface area contributed by atoms with E-state index in [0.717, 1.165) is 38.9 Å². The molecule has 5 aromatic rings. The van der Waals surface area contributed by atoms with E-state index in [-0.39, 0.29) is 0 Å². The van der Waals surface area contributed by atoms with E-state index < -0.39 is 0 Å². The predicted octanol–water partition coefficient (Wildman–Crippen LogP) is 7.24. The maximum Gasteiger partial charge on any atom is 0.157 e. The minimum Gasteiger partial charge on any atom is -0.383 e. The van der Waals surface area contributed by atoms with E-state index >= 15 is 0 Å². The largest absolute Gasteiger partial charge is 0.383 e. The van der Waals surface area contributed by atoms with Crippen molar-refractivity contribution >= 4 is 11.7 Å².